The molecule has 332 valence electrons. The Bertz CT molecular complexity index is 2070. The first-order chi connectivity index (χ1) is 30.4. The molecule has 2 heterocycles. The highest BCUT2D eigenvalue weighted by Crippen LogP contribution is 2.62. The molecule has 2 aliphatic heterocycles. The summed E-state index contributed by atoms with van der Waals surface area (Å²) in [6, 6.07) is 18.8. The number of oxime groups is 1. The van der Waals surface area contributed by atoms with Crippen LogP contribution in [0.4, 0.5) is 4.79 Å². The maximum absolute atomic E-state index is 14.7. The molecule has 4 aliphatic rings. The molecule has 2 aliphatic carbocycles. The van der Waals surface area contributed by atoms with Crippen LogP contribution >= 0.6 is 11.8 Å². The summed E-state index contributed by atoms with van der Waals surface area (Å²) in [5, 5.41) is 24.7. The summed E-state index contributed by atoms with van der Waals surface area (Å²) >= 11 is 1.67. The molecular weight excluding hydrogens is 809 g/mol. The molecule has 0 aromatic heterocycles. The zero-order valence-corrected chi connectivity index (χ0v) is 36.7. The summed E-state index contributed by atoms with van der Waals surface area (Å²) in [5.74, 6) is 1.20. The minimum absolute atomic E-state index is 0.0495. The number of hydrogen-bond acceptors (Lipinski definition) is 12. The molecule has 0 radical (unpaired) electrons. The van der Waals surface area contributed by atoms with Gasteiger partial charge in [-0.3, -0.25) is 4.90 Å². The maximum Gasteiger partial charge on any atom is 0.410 e. The van der Waals surface area contributed by atoms with Crippen molar-refractivity contribution in [2.75, 3.05) is 46.1 Å². The number of aliphatic hydroxyl groups excluding tert-OH is 2. The van der Waals surface area contributed by atoms with Crippen LogP contribution in [0.3, 0.4) is 0 Å². The molecular formula is C49H60N2O10S. The first-order valence-electron chi connectivity index (χ1n) is 21.8. The van der Waals surface area contributed by atoms with Gasteiger partial charge in [-0.05, 0) is 123 Å². The number of benzene rings is 3. The molecule has 0 spiro atoms. The molecule has 12 nitrogen and oxygen atoms in total. The summed E-state index contributed by atoms with van der Waals surface area (Å²) in [5.41, 5.74) is 3.41. The molecule has 0 bridgehead atoms. The van der Waals surface area contributed by atoms with Crippen molar-refractivity contribution in [3.63, 3.8) is 0 Å². The highest BCUT2D eigenvalue weighted by Gasteiger charge is 2.65. The highest BCUT2D eigenvalue weighted by atomic mass is 32.2. The smallest absolute Gasteiger partial charge is 0.410 e. The number of carbonyl (C=O) groups excluding carboxylic acids is 1. The Morgan fingerprint density at radius 2 is 1.71 bits per heavy atom. The largest absolute Gasteiger partial charge is 0.459 e. The van der Waals surface area contributed by atoms with Crippen LogP contribution in [0, 0.1) is 17.8 Å². The Kier molecular flexibility index (Phi) is 15.6. The lowest BCUT2D eigenvalue weighted by Gasteiger charge is -2.59. The van der Waals surface area contributed by atoms with Crippen molar-refractivity contribution in [2.45, 2.75) is 87.5 Å². The molecule has 0 saturated heterocycles. The number of allylic oxidation sites excluding steroid dienone is 1. The van der Waals surface area contributed by atoms with Crippen LogP contribution in [-0.4, -0.2) is 84.8 Å². The molecule has 1 fully saturated rings. The van der Waals surface area contributed by atoms with Crippen molar-refractivity contribution in [2.24, 2.45) is 22.9 Å². The number of thioether (sulfide) groups is 1. The number of nitrogens with zero attached hydrogens (tertiary/aromatic N) is 2. The molecule has 7 rings (SSSR count). The van der Waals surface area contributed by atoms with Gasteiger partial charge in [-0.2, -0.15) is 0 Å². The van der Waals surface area contributed by atoms with Gasteiger partial charge in [0.05, 0.1) is 24.8 Å². The second kappa shape index (κ2) is 21.4. The van der Waals surface area contributed by atoms with Crippen molar-refractivity contribution in [3.8, 4) is 28.7 Å². The molecule has 3 aromatic rings. The van der Waals surface area contributed by atoms with E-state index in [1.54, 1.807) is 28.8 Å². The molecule has 13 heteroatoms. The van der Waals surface area contributed by atoms with Crippen LogP contribution in [-0.2, 0) is 20.9 Å². The third kappa shape index (κ3) is 9.81. The van der Waals surface area contributed by atoms with Gasteiger partial charge in [-0.25, -0.2) is 4.79 Å². The lowest BCUT2D eigenvalue weighted by molar-refractivity contribution is -0.256. The minimum atomic E-state index is -1.46. The Balaban J connectivity index is 1.43. The number of unbranched alkanes of at least 4 members (excludes halogenated alkanes) is 2. The van der Waals surface area contributed by atoms with E-state index in [9.17, 15) is 15.0 Å². The predicted molar refractivity (Wildman–Crippen MR) is 239 cm³/mol. The summed E-state index contributed by atoms with van der Waals surface area (Å²) < 4.78 is 38.4. The van der Waals surface area contributed by atoms with E-state index < -0.39 is 23.8 Å². The number of aliphatic hydroxyl groups is 2. The van der Waals surface area contributed by atoms with Crippen LogP contribution in [0.5, 0.6) is 28.7 Å². The fourth-order valence-electron chi connectivity index (χ4n) is 9.48. The summed E-state index contributed by atoms with van der Waals surface area (Å²) in [6.45, 7) is 10.8. The van der Waals surface area contributed by atoms with E-state index in [-0.39, 0.29) is 63.9 Å². The van der Waals surface area contributed by atoms with E-state index in [1.807, 2.05) is 67.8 Å². The second-order valence-corrected chi connectivity index (χ2v) is 16.9. The van der Waals surface area contributed by atoms with E-state index >= 15 is 0 Å². The number of carbonyl (C=O) groups is 1. The molecule has 2 N–H and O–H groups in total. The van der Waals surface area contributed by atoms with E-state index in [0.717, 1.165) is 47.3 Å². The van der Waals surface area contributed by atoms with Crippen LogP contribution in [0.25, 0.3) is 0 Å². The van der Waals surface area contributed by atoms with Gasteiger partial charge in [0.15, 0.2) is 11.5 Å². The third-order valence-electron chi connectivity index (χ3n) is 12.2. The van der Waals surface area contributed by atoms with Gasteiger partial charge in [0, 0.05) is 42.6 Å². The van der Waals surface area contributed by atoms with Gasteiger partial charge in [0.1, 0.15) is 29.9 Å². The van der Waals surface area contributed by atoms with Gasteiger partial charge >= 0.3 is 6.09 Å². The molecule has 3 aromatic carbocycles. The van der Waals surface area contributed by atoms with Crippen LogP contribution in [0.1, 0.15) is 75.3 Å². The second-order valence-electron chi connectivity index (χ2n) is 16.0. The number of ether oxygens (including phenoxy) is 6. The molecule has 6 unspecified atom stereocenters. The molecule has 62 heavy (non-hydrogen) atoms. The summed E-state index contributed by atoms with van der Waals surface area (Å²) in [4.78, 5) is 23.4. The SMILES string of the molecule is C=CCCOC(=O)N(Cc1ccc2c(c1)OCO2)C1CC(=NOCC)C2=CC(CCCCO)C(CCCCO)C3c4cc(Oc5ccc(SC)cc5)ccc4OC1(OCC=C)C23. The van der Waals surface area contributed by atoms with E-state index in [4.69, 9.17) is 38.4 Å². The molecule has 6 atom stereocenters. The monoisotopic (exact) mass is 868 g/mol. The van der Waals surface area contributed by atoms with Crippen molar-refractivity contribution in [1.82, 2.24) is 4.90 Å². The van der Waals surface area contributed by atoms with E-state index in [2.05, 4.69) is 25.3 Å². The van der Waals surface area contributed by atoms with Gasteiger partial charge in [0.25, 0.3) is 0 Å². The van der Waals surface area contributed by atoms with Crippen molar-refractivity contribution < 1.29 is 48.3 Å². The number of rotatable bonds is 22. The lowest BCUT2D eigenvalue weighted by atomic mass is 9.55. The fraction of sp³-hybridized carbons (Fsp3) is 0.469. The molecule has 1 saturated carbocycles. The van der Waals surface area contributed by atoms with Crippen LogP contribution in [0.15, 0.2) is 108 Å². The number of hydrogen-bond donors (Lipinski definition) is 2. The van der Waals surface area contributed by atoms with Crippen molar-refractivity contribution in [1.29, 1.82) is 0 Å². The lowest BCUT2D eigenvalue weighted by Crippen LogP contribution is -2.70. The predicted octanol–water partition coefficient (Wildman–Crippen LogP) is 9.80. The Morgan fingerprint density at radius 1 is 0.952 bits per heavy atom. The fourth-order valence-corrected chi connectivity index (χ4v) is 9.89. The Labute approximate surface area is 369 Å². The number of fused-ring (bicyclic) bond motifs is 3. The highest BCUT2D eigenvalue weighted by molar-refractivity contribution is 7.98. The van der Waals surface area contributed by atoms with Crippen molar-refractivity contribution >= 4 is 23.6 Å². The van der Waals surface area contributed by atoms with Gasteiger partial charge in [-0.15, -0.1) is 24.9 Å². The van der Waals surface area contributed by atoms with Crippen LogP contribution in [0.2, 0.25) is 0 Å². The van der Waals surface area contributed by atoms with Gasteiger partial charge in [0.2, 0.25) is 12.6 Å². The van der Waals surface area contributed by atoms with E-state index in [0.29, 0.717) is 60.3 Å². The Hall–Kier alpha value is -4.95. The van der Waals surface area contributed by atoms with Crippen LogP contribution < -0.4 is 18.9 Å². The van der Waals surface area contributed by atoms with Gasteiger partial charge in [-0.1, -0.05) is 42.3 Å². The Morgan fingerprint density at radius 3 is 2.45 bits per heavy atom. The zero-order valence-electron chi connectivity index (χ0n) is 35.9. The topological polar surface area (TPSA) is 138 Å². The zero-order chi connectivity index (χ0) is 43.5. The molecule has 1 amide bonds. The first kappa shape index (κ1) is 45.1. The average molecular weight is 869 g/mol. The normalized spacial score (nSPS) is 23.6. The van der Waals surface area contributed by atoms with Crippen molar-refractivity contribution in [3.05, 3.63) is 109 Å². The average Bonchev–Trinajstić information content (AvgIpc) is 3.77. The summed E-state index contributed by atoms with van der Waals surface area (Å²) in [6.07, 6.45) is 12.6. The summed E-state index contributed by atoms with van der Waals surface area (Å²) in [7, 11) is 0. The van der Waals surface area contributed by atoms with E-state index in [1.165, 1.54) is 0 Å². The first-order valence-corrected chi connectivity index (χ1v) is 23.1. The third-order valence-corrected chi connectivity index (χ3v) is 12.9. The van der Waals surface area contributed by atoms with Gasteiger partial charge < -0.3 is 43.5 Å². The maximum atomic E-state index is 14.7. The quantitative estimate of drug-likeness (QED) is 0.0432. The standard InChI is InChI=1S/C49H60N2O10S/c1-5-8-26-55-48(54)51(31-33-15-21-43-44(27-33)57-32-56-43)45-30-41(50-59-7-3)39-28-34(13-9-11-23-52)38(14-10-12-24-53)46-40-29-36(60-35-16-19-37(62-4)20-17-35)18-22-42(40)61-49(45,47(39)46)58-25-6-2/h5-6,15-22,27-29,34,38,45-47,52-53H,1-2,7-14,23-26,30-32H2,3-4H3. The number of amides is 1. The minimum Gasteiger partial charge on any atom is -0.459 e.